The lowest BCUT2D eigenvalue weighted by molar-refractivity contribution is -0.117. The average Bonchev–Trinajstić information content (AvgIpc) is 2.37. The molecule has 0 atom stereocenters. The smallest absolute Gasteiger partial charge is 0.239 e. The van der Waals surface area contributed by atoms with Crippen LogP contribution in [0.25, 0.3) is 0 Å². The van der Waals surface area contributed by atoms with Gasteiger partial charge in [0, 0.05) is 12.1 Å². The van der Waals surface area contributed by atoms with E-state index < -0.39 is 33.2 Å². The molecule has 0 bridgehead atoms. The van der Waals surface area contributed by atoms with Crippen molar-refractivity contribution in [3.63, 3.8) is 0 Å². The number of hydrogen-bond donors (Lipinski definition) is 2. The van der Waals surface area contributed by atoms with Crippen molar-refractivity contribution in [3.8, 4) is 0 Å². The van der Waals surface area contributed by atoms with Gasteiger partial charge in [0.15, 0.2) is 9.84 Å². The van der Waals surface area contributed by atoms with Crippen molar-refractivity contribution in [2.24, 2.45) is 5.73 Å². The van der Waals surface area contributed by atoms with Crippen LogP contribution < -0.4 is 11.1 Å². The quantitative estimate of drug-likeness (QED) is 0.763. The SMILES string of the molecule is CCc1ccc(NC(=O)CS(=O)(=O)CCC(N)=O)cc1. The number of amides is 2. The predicted molar refractivity (Wildman–Crippen MR) is 76.9 cm³/mol. The molecule has 2 amide bonds. The summed E-state index contributed by atoms with van der Waals surface area (Å²) in [5, 5.41) is 2.50. The maximum Gasteiger partial charge on any atom is 0.239 e. The Hall–Kier alpha value is -1.89. The van der Waals surface area contributed by atoms with Crippen molar-refractivity contribution in [2.75, 3.05) is 16.8 Å². The summed E-state index contributed by atoms with van der Waals surface area (Å²) in [4.78, 5) is 22.2. The van der Waals surface area contributed by atoms with Crippen molar-refractivity contribution in [2.45, 2.75) is 19.8 Å². The van der Waals surface area contributed by atoms with Crippen molar-refractivity contribution in [3.05, 3.63) is 29.8 Å². The van der Waals surface area contributed by atoms with Crippen LogP contribution in [0.15, 0.2) is 24.3 Å². The molecule has 110 valence electrons. The zero-order chi connectivity index (χ0) is 15.2. The molecule has 3 N–H and O–H groups in total. The number of primary amides is 1. The lowest BCUT2D eigenvalue weighted by Gasteiger charge is -2.06. The van der Waals surface area contributed by atoms with Crippen molar-refractivity contribution in [1.82, 2.24) is 0 Å². The highest BCUT2D eigenvalue weighted by Gasteiger charge is 2.17. The van der Waals surface area contributed by atoms with E-state index in [-0.39, 0.29) is 6.42 Å². The largest absolute Gasteiger partial charge is 0.370 e. The average molecular weight is 298 g/mol. The van der Waals surface area contributed by atoms with Crippen LogP contribution in [0.2, 0.25) is 0 Å². The van der Waals surface area contributed by atoms with Crippen molar-refractivity contribution in [1.29, 1.82) is 0 Å². The lowest BCUT2D eigenvalue weighted by Crippen LogP contribution is -2.26. The Bertz CT molecular complexity index is 579. The third-order valence-corrected chi connectivity index (χ3v) is 4.18. The van der Waals surface area contributed by atoms with Crippen molar-refractivity contribution < 1.29 is 18.0 Å². The minimum Gasteiger partial charge on any atom is -0.370 e. The molecule has 0 saturated carbocycles. The maximum absolute atomic E-state index is 11.6. The standard InChI is InChI=1S/C13H18N2O4S/c1-2-10-3-5-11(6-4-10)15-13(17)9-20(18,19)8-7-12(14)16/h3-6H,2,7-9H2,1H3,(H2,14,16)(H,15,17). The van der Waals surface area contributed by atoms with E-state index in [4.69, 9.17) is 5.73 Å². The van der Waals surface area contributed by atoms with E-state index in [1.807, 2.05) is 19.1 Å². The number of sulfone groups is 1. The topological polar surface area (TPSA) is 106 Å². The number of aryl methyl sites for hydroxylation is 1. The van der Waals surface area contributed by atoms with E-state index in [9.17, 15) is 18.0 Å². The summed E-state index contributed by atoms with van der Waals surface area (Å²) < 4.78 is 23.1. The number of anilines is 1. The number of benzene rings is 1. The molecule has 6 nitrogen and oxygen atoms in total. The van der Waals surface area contributed by atoms with E-state index in [0.29, 0.717) is 5.69 Å². The Morgan fingerprint density at radius 3 is 2.30 bits per heavy atom. The summed E-state index contributed by atoms with van der Waals surface area (Å²) >= 11 is 0. The van der Waals surface area contributed by atoms with Gasteiger partial charge in [0.05, 0.1) is 5.75 Å². The molecule has 7 heteroatoms. The maximum atomic E-state index is 11.6. The Balaban J connectivity index is 2.56. The molecule has 1 aromatic carbocycles. The number of carbonyl (C=O) groups is 2. The van der Waals surface area contributed by atoms with Gasteiger partial charge in [0.25, 0.3) is 0 Å². The fourth-order valence-corrected chi connectivity index (χ4v) is 2.68. The first-order chi connectivity index (χ1) is 9.32. The predicted octanol–water partition coefficient (Wildman–Crippen LogP) is 0.478. The Labute approximate surface area is 118 Å². The highest BCUT2D eigenvalue weighted by atomic mass is 32.2. The molecule has 0 spiro atoms. The first-order valence-electron chi connectivity index (χ1n) is 6.20. The van der Waals surface area contributed by atoms with E-state index in [1.165, 1.54) is 0 Å². The number of rotatable bonds is 7. The second-order valence-electron chi connectivity index (χ2n) is 4.41. The van der Waals surface area contributed by atoms with Gasteiger partial charge in [-0.05, 0) is 24.1 Å². The summed E-state index contributed by atoms with van der Waals surface area (Å²) in [6, 6.07) is 7.15. The van der Waals surface area contributed by atoms with Gasteiger partial charge >= 0.3 is 0 Å². The second-order valence-corrected chi connectivity index (χ2v) is 6.59. The lowest BCUT2D eigenvalue weighted by atomic mass is 10.1. The zero-order valence-electron chi connectivity index (χ0n) is 11.3. The van der Waals surface area contributed by atoms with Crippen LogP contribution in [0.4, 0.5) is 5.69 Å². The first kappa shape index (κ1) is 16.2. The van der Waals surface area contributed by atoms with Gasteiger partial charge in [0.1, 0.15) is 5.75 Å². The highest BCUT2D eigenvalue weighted by Crippen LogP contribution is 2.10. The molecular formula is C13H18N2O4S. The molecule has 0 radical (unpaired) electrons. The summed E-state index contributed by atoms with van der Waals surface area (Å²) in [5.41, 5.74) is 6.54. The van der Waals surface area contributed by atoms with Crippen LogP contribution in [0, 0.1) is 0 Å². The van der Waals surface area contributed by atoms with Gasteiger partial charge in [-0.15, -0.1) is 0 Å². The monoisotopic (exact) mass is 298 g/mol. The first-order valence-corrected chi connectivity index (χ1v) is 8.02. The number of nitrogens with one attached hydrogen (secondary N) is 1. The third-order valence-electron chi connectivity index (χ3n) is 2.66. The third kappa shape index (κ3) is 5.83. The van der Waals surface area contributed by atoms with E-state index >= 15 is 0 Å². The Morgan fingerprint density at radius 1 is 1.20 bits per heavy atom. The van der Waals surface area contributed by atoms with E-state index in [0.717, 1.165) is 12.0 Å². The fourth-order valence-electron chi connectivity index (χ4n) is 1.55. The molecular weight excluding hydrogens is 280 g/mol. The summed E-state index contributed by atoms with van der Waals surface area (Å²) in [5.74, 6) is -2.40. The molecule has 0 aromatic heterocycles. The number of carbonyl (C=O) groups excluding carboxylic acids is 2. The molecule has 0 aliphatic heterocycles. The second kappa shape index (κ2) is 7.04. The molecule has 20 heavy (non-hydrogen) atoms. The van der Waals surface area contributed by atoms with Crippen LogP contribution in [0.3, 0.4) is 0 Å². The van der Waals surface area contributed by atoms with E-state index in [2.05, 4.69) is 5.32 Å². The van der Waals surface area contributed by atoms with Crippen molar-refractivity contribution >= 4 is 27.3 Å². The Kier molecular flexibility index (Phi) is 5.69. The summed E-state index contributed by atoms with van der Waals surface area (Å²) in [6.07, 6.45) is 0.608. The molecule has 0 unspecified atom stereocenters. The van der Waals surface area contributed by atoms with Crippen LogP contribution in [-0.2, 0) is 25.8 Å². The minimum absolute atomic E-state index is 0.277. The van der Waals surface area contributed by atoms with Gasteiger partial charge in [0.2, 0.25) is 11.8 Å². The molecule has 0 fully saturated rings. The molecule has 1 aromatic rings. The van der Waals surface area contributed by atoms with Crippen LogP contribution >= 0.6 is 0 Å². The zero-order valence-corrected chi connectivity index (χ0v) is 12.1. The minimum atomic E-state index is -3.62. The number of nitrogens with two attached hydrogens (primary N) is 1. The fraction of sp³-hybridized carbons (Fsp3) is 0.385. The van der Waals surface area contributed by atoms with Gasteiger partial charge < -0.3 is 11.1 Å². The molecule has 0 heterocycles. The van der Waals surface area contributed by atoms with Crippen LogP contribution in [0.1, 0.15) is 18.9 Å². The number of hydrogen-bond acceptors (Lipinski definition) is 4. The van der Waals surface area contributed by atoms with Gasteiger partial charge in [-0.25, -0.2) is 8.42 Å². The van der Waals surface area contributed by atoms with Gasteiger partial charge in [-0.3, -0.25) is 9.59 Å². The van der Waals surface area contributed by atoms with E-state index in [1.54, 1.807) is 12.1 Å². The highest BCUT2D eigenvalue weighted by molar-refractivity contribution is 7.92. The van der Waals surface area contributed by atoms with Crippen LogP contribution in [0.5, 0.6) is 0 Å². The normalized spacial score (nSPS) is 11.1. The molecule has 0 aliphatic rings. The van der Waals surface area contributed by atoms with Gasteiger partial charge in [-0.1, -0.05) is 19.1 Å². The molecule has 0 saturated heterocycles. The molecule has 1 rings (SSSR count). The van der Waals surface area contributed by atoms with Crippen LogP contribution in [-0.4, -0.2) is 31.7 Å². The molecule has 0 aliphatic carbocycles. The Morgan fingerprint density at radius 2 is 1.80 bits per heavy atom. The summed E-state index contributed by atoms with van der Waals surface area (Å²) in [6.45, 7) is 2.01. The summed E-state index contributed by atoms with van der Waals surface area (Å²) in [7, 11) is -3.62. The van der Waals surface area contributed by atoms with Gasteiger partial charge in [-0.2, -0.15) is 0 Å².